The van der Waals surface area contributed by atoms with E-state index in [0.717, 1.165) is 6.42 Å². The molecular formula is C19H35N7O5. The number of likely N-dealkylation sites (tertiary alicyclic amines) is 1. The summed E-state index contributed by atoms with van der Waals surface area (Å²) in [6, 6.07) is -2.62. The van der Waals surface area contributed by atoms with Crippen LogP contribution in [-0.2, 0) is 19.2 Å². The third-order valence-corrected chi connectivity index (χ3v) is 5.41. The molecular weight excluding hydrogens is 406 g/mol. The van der Waals surface area contributed by atoms with Gasteiger partial charge in [-0.2, -0.15) is 0 Å². The van der Waals surface area contributed by atoms with Crippen LogP contribution < -0.4 is 27.8 Å². The molecule has 0 aromatic carbocycles. The summed E-state index contributed by atoms with van der Waals surface area (Å²) in [5.74, 6) is -2.67. The molecule has 12 nitrogen and oxygen atoms in total. The van der Waals surface area contributed by atoms with Crippen LogP contribution in [0.1, 0.15) is 46.0 Å². The molecule has 0 aliphatic carbocycles. The van der Waals surface area contributed by atoms with E-state index in [2.05, 4.69) is 15.6 Å². The molecule has 0 spiro atoms. The minimum atomic E-state index is -1.18. The first kappa shape index (κ1) is 26.1. The number of carboxylic acids is 1. The summed E-state index contributed by atoms with van der Waals surface area (Å²) < 4.78 is 0. The average molecular weight is 442 g/mol. The zero-order valence-corrected chi connectivity index (χ0v) is 18.2. The van der Waals surface area contributed by atoms with Gasteiger partial charge in [0.1, 0.15) is 12.1 Å². The first-order chi connectivity index (χ1) is 14.6. The zero-order chi connectivity index (χ0) is 23.6. The lowest BCUT2D eigenvalue weighted by Gasteiger charge is -2.26. The van der Waals surface area contributed by atoms with Crippen molar-refractivity contribution in [3.63, 3.8) is 0 Å². The van der Waals surface area contributed by atoms with Crippen molar-refractivity contribution < 1.29 is 24.3 Å². The van der Waals surface area contributed by atoms with Crippen molar-refractivity contribution >= 4 is 29.7 Å². The Bertz CT molecular complexity index is 681. The highest BCUT2D eigenvalue weighted by atomic mass is 16.4. The van der Waals surface area contributed by atoms with Gasteiger partial charge in [-0.3, -0.25) is 19.4 Å². The molecule has 1 aliphatic rings. The van der Waals surface area contributed by atoms with E-state index in [1.807, 2.05) is 13.8 Å². The Hall–Kier alpha value is -2.89. The summed E-state index contributed by atoms with van der Waals surface area (Å²) >= 11 is 0. The standard InChI is InChI=1S/C19H35N7O5/c1-3-11(2)15(20)17(29)24-10-14(27)26-9-5-7-13(26)16(28)25-12(18(30)31)6-4-8-23-19(21)22/h11-13,15H,3-10,20H2,1-2H3,(H,24,29)(H,25,28)(H,30,31)(H4,21,22,23). The van der Waals surface area contributed by atoms with Gasteiger partial charge in [-0.15, -0.1) is 0 Å². The summed E-state index contributed by atoms with van der Waals surface area (Å²) in [7, 11) is 0. The third kappa shape index (κ3) is 8.40. The fourth-order valence-electron chi connectivity index (χ4n) is 3.26. The molecule has 0 aromatic heterocycles. The lowest BCUT2D eigenvalue weighted by molar-refractivity contribution is -0.144. The van der Waals surface area contributed by atoms with Gasteiger partial charge in [0, 0.05) is 13.1 Å². The maximum atomic E-state index is 12.6. The van der Waals surface area contributed by atoms with Crippen molar-refractivity contribution in [2.45, 2.75) is 64.1 Å². The van der Waals surface area contributed by atoms with E-state index < -0.39 is 41.8 Å². The minimum absolute atomic E-state index is 0.0275. The van der Waals surface area contributed by atoms with Gasteiger partial charge in [-0.05, 0) is 31.6 Å². The van der Waals surface area contributed by atoms with Crippen LogP contribution in [0.5, 0.6) is 0 Å². The lowest BCUT2D eigenvalue weighted by atomic mass is 9.99. The van der Waals surface area contributed by atoms with Crippen molar-refractivity contribution in [2.75, 3.05) is 19.6 Å². The lowest BCUT2D eigenvalue weighted by Crippen LogP contribution is -2.53. The molecule has 12 heteroatoms. The Balaban J connectivity index is 2.62. The van der Waals surface area contributed by atoms with E-state index >= 15 is 0 Å². The first-order valence-electron chi connectivity index (χ1n) is 10.5. The van der Waals surface area contributed by atoms with E-state index in [4.69, 9.17) is 17.2 Å². The number of aliphatic carboxylic acids is 1. The fourth-order valence-corrected chi connectivity index (χ4v) is 3.26. The van der Waals surface area contributed by atoms with Crippen LogP contribution >= 0.6 is 0 Å². The number of hydrogen-bond donors (Lipinski definition) is 6. The fraction of sp³-hybridized carbons (Fsp3) is 0.737. The van der Waals surface area contributed by atoms with Gasteiger partial charge < -0.3 is 37.8 Å². The van der Waals surface area contributed by atoms with Crippen LogP contribution in [0.4, 0.5) is 0 Å². The number of amides is 3. The summed E-state index contributed by atoms with van der Waals surface area (Å²) in [5.41, 5.74) is 16.3. The number of carboxylic acid groups (broad SMARTS) is 1. The van der Waals surface area contributed by atoms with Crippen molar-refractivity contribution in [2.24, 2.45) is 28.1 Å². The van der Waals surface area contributed by atoms with E-state index in [-0.39, 0.29) is 31.4 Å². The Labute approximate surface area is 182 Å². The van der Waals surface area contributed by atoms with Gasteiger partial charge in [0.25, 0.3) is 0 Å². The highest BCUT2D eigenvalue weighted by Crippen LogP contribution is 2.18. The number of aliphatic imine (C=N–C) groups is 1. The van der Waals surface area contributed by atoms with Crippen LogP contribution in [0.25, 0.3) is 0 Å². The number of rotatable bonds is 12. The minimum Gasteiger partial charge on any atom is -0.480 e. The highest BCUT2D eigenvalue weighted by molar-refractivity contribution is 5.93. The Kier molecular flexibility index (Phi) is 10.7. The molecule has 9 N–H and O–H groups in total. The van der Waals surface area contributed by atoms with Crippen LogP contribution in [0, 0.1) is 5.92 Å². The smallest absolute Gasteiger partial charge is 0.326 e. The van der Waals surface area contributed by atoms with Crippen molar-refractivity contribution in [3.05, 3.63) is 0 Å². The molecule has 3 amide bonds. The van der Waals surface area contributed by atoms with Crippen LogP contribution in [0.2, 0.25) is 0 Å². The highest BCUT2D eigenvalue weighted by Gasteiger charge is 2.36. The van der Waals surface area contributed by atoms with Crippen molar-refractivity contribution in [1.82, 2.24) is 15.5 Å². The van der Waals surface area contributed by atoms with Crippen LogP contribution in [0.15, 0.2) is 4.99 Å². The largest absolute Gasteiger partial charge is 0.480 e. The molecule has 1 saturated heterocycles. The molecule has 1 heterocycles. The topological polar surface area (TPSA) is 206 Å². The van der Waals surface area contributed by atoms with E-state index in [1.165, 1.54) is 4.90 Å². The SMILES string of the molecule is CCC(C)C(N)C(=O)NCC(=O)N1CCCC1C(=O)NC(CCCN=C(N)N)C(=O)O. The van der Waals surface area contributed by atoms with Crippen LogP contribution in [0.3, 0.4) is 0 Å². The van der Waals surface area contributed by atoms with Gasteiger partial charge in [-0.25, -0.2) is 4.79 Å². The quantitative estimate of drug-likeness (QED) is 0.114. The van der Waals surface area contributed by atoms with Gasteiger partial charge in [0.05, 0.1) is 12.6 Å². The Morgan fingerprint density at radius 3 is 2.52 bits per heavy atom. The summed E-state index contributed by atoms with van der Waals surface area (Å²) in [6.07, 6.45) is 2.26. The maximum absolute atomic E-state index is 12.6. The predicted octanol–water partition coefficient (Wildman–Crippen LogP) is -1.91. The number of hydrogen-bond acceptors (Lipinski definition) is 6. The van der Waals surface area contributed by atoms with Crippen molar-refractivity contribution in [1.29, 1.82) is 0 Å². The molecule has 0 radical (unpaired) electrons. The molecule has 31 heavy (non-hydrogen) atoms. The molecule has 176 valence electrons. The number of carbonyl (C=O) groups is 4. The number of nitrogens with two attached hydrogens (primary N) is 3. The van der Waals surface area contributed by atoms with Gasteiger partial charge in [0.15, 0.2) is 5.96 Å². The summed E-state index contributed by atoms with van der Waals surface area (Å²) in [5, 5.41) is 14.4. The number of nitrogens with zero attached hydrogens (tertiary/aromatic N) is 2. The molecule has 0 bridgehead atoms. The normalized spacial score (nSPS) is 18.5. The van der Waals surface area contributed by atoms with Crippen molar-refractivity contribution in [3.8, 4) is 0 Å². The molecule has 1 fully saturated rings. The van der Waals surface area contributed by atoms with Gasteiger partial charge in [-0.1, -0.05) is 20.3 Å². The van der Waals surface area contributed by atoms with E-state index in [1.54, 1.807) is 0 Å². The van der Waals surface area contributed by atoms with E-state index in [9.17, 15) is 24.3 Å². The summed E-state index contributed by atoms with van der Waals surface area (Å²) in [6.45, 7) is 4.10. The predicted molar refractivity (Wildman–Crippen MR) is 115 cm³/mol. The zero-order valence-electron chi connectivity index (χ0n) is 18.2. The second kappa shape index (κ2) is 12.7. The second-order valence-electron chi connectivity index (χ2n) is 7.72. The molecule has 4 unspecified atom stereocenters. The maximum Gasteiger partial charge on any atom is 0.326 e. The second-order valence-corrected chi connectivity index (χ2v) is 7.72. The molecule has 1 rings (SSSR count). The summed E-state index contributed by atoms with van der Waals surface area (Å²) in [4.78, 5) is 53.9. The Morgan fingerprint density at radius 1 is 1.26 bits per heavy atom. The van der Waals surface area contributed by atoms with Crippen LogP contribution in [-0.4, -0.2) is 77.4 Å². The molecule has 4 atom stereocenters. The first-order valence-corrected chi connectivity index (χ1v) is 10.5. The van der Waals surface area contributed by atoms with Gasteiger partial charge in [0.2, 0.25) is 17.7 Å². The third-order valence-electron chi connectivity index (χ3n) is 5.41. The monoisotopic (exact) mass is 441 g/mol. The number of carbonyl (C=O) groups excluding carboxylic acids is 3. The molecule has 0 aromatic rings. The van der Waals surface area contributed by atoms with E-state index in [0.29, 0.717) is 25.8 Å². The average Bonchev–Trinajstić information content (AvgIpc) is 3.22. The number of guanidine groups is 1. The molecule has 1 aliphatic heterocycles. The molecule has 0 saturated carbocycles. The van der Waals surface area contributed by atoms with Gasteiger partial charge >= 0.3 is 5.97 Å². The number of nitrogens with one attached hydrogen (secondary N) is 2. The Morgan fingerprint density at radius 2 is 1.94 bits per heavy atom.